The number of hydrogen-bond donors (Lipinski definition) is 1. The molecule has 2 aromatic carbocycles. The molecule has 0 aliphatic rings. The first-order valence-electron chi connectivity index (χ1n) is 9.31. The fourth-order valence-corrected chi connectivity index (χ4v) is 3.38. The lowest BCUT2D eigenvalue weighted by molar-refractivity contribution is 0.196. The van der Waals surface area contributed by atoms with Crippen molar-refractivity contribution >= 4 is 28.1 Å². The molecule has 3 rings (SSSR count). The van der Waals surface area contributed by atoms with Crippen molar-refractivity contribution in [3.63, 3.8) is 0 Å². The van der Waals surface area contributed by atoms with E-state index in [1.807, 2.05) is 18.2 Å². The van der Waals surface area contributed by atoms with Gasteiger partial charge in [0.2, 0.25) is 0 Å². The van der Waals surface area contributed by atoms with Crippen LogP contribution in [-0.4, -0.2) is 35.9 Å². The molecule has 0 fully saturated rings. The first kappa shape index (κ1) is 19.0. The topological polar surface area (TPSA) is 51.4 Å². The van der Waals surface area contributed by atoms with E-state index in [0.29, 0.717) is 0 Å². The SMILES string of the molecule is CCN(CCCOC)c1ccc(Nc2ccc3c(c2)n(C)c(=O)n3C)cc1. The second-order valence-electron chi connectivity index (χ2n) is 6.70. The Morgan fingerprint density at radius 2 is 1.67 bits per heavy atom. The number of methoxy groups -OCH3 is 1. The molecule has 0 aliphatic heterocycles. The third-order valence-corrected chi connectivity index (χ3v) is 4.95. The number of nitrogens with one attached hydrogen (secondary N) is 1. The summed E-state index contributed by atoms with van der Waals surface area (Å²) >= 11 is 0. The molecule has 0 radical (unpaired) electrons. The van der Waals surface area contributed by atoms with E-state index in [4.69, 9.17) is 4.74 Å². The van der Waals surface area contributed by atoms with E-state index in [0.717, 1.165) is 48.5 Å². The predicted molar refractivity (Wildman–Crippen MR) is 112 cm³/mol. The van der Waals surface area contributed by atoms with Gasteiger partial charge in [-0.2, -0.15) is 0 Å². The lowest BCUT2D eigenvalue weighted by atomic mass is 10.2. The van der Waals surface area contributed by atoms with Crippen molar-refractivity contribution in [2.45, 2.75) is 13.3 Å². The number of aryl methyl sites for hydroxylation is 2. The van der Waals surface area contributed by atoms with Gasteiger partial charge in [0.05, 0.1) is 11.0 Å². The van der Waals surface area contributed by atoms with Gasteiger partial charge in [-0.05, 0) is 55.8 Å². The average Bonchev–Trinajstić information content (AvgIpc) is 2.90. The highest BCUT2D eigenvalue weighted by Gasteiger charge is 2.08. The van der Waals surface area contributed by atoms with E-state index < -0.39 is 0 Å². The molecule has 27 heavy (non-hydrogen) atoms. The smallest absolute Gasteiger partial charge is 0.328 e. The van der Waals surface area contributed by atoms with E-state index >= 15 is 0 Å². The van der Waals surface area contributed by atoms with E-state index in [1.165, 1.54) is 5.69 Å². The van der Waals surface area contributed by atoms with Gasteiger partial charge in [-0.15, -0.1) is 0 Å². The lowest BCUT2D eigenvalue weighted by Gasteiger charge is -2.23. The number of ether oxygens (including phenoxy) is 1. The monoisotopic (exact) mass is 368 g/mol. The van der Waals surface area contributed by atoms with Crippen molar-refractivity contribution in [1.29, 1.82) is 0 Å². The third kappa shape index (κ3) is 4.01. The summed E-state index contributed by atoms with van der Waals surface area (Å²) in [6, 6.07) is 14.4. The molecule has 0 saturated heterocycles. The van der Waals surface area contributed by atoms with Crippen molar-refractivity contribution < 1.29 is 4.74 Å². The van der Waals surface area contributed by atoms with Gasteiger partial charge in [0.1, 0.15) is 0 Å². The molecule has 0 amide bonds. The van der Waals surface area contributed by atoms with Crippen LogP contribution >= 0.6 is 0 Å². The second kappa shape index (κ2) is 8.31. The summed E-state index contributed by atoms with van der Waals surface area (Å²) in [4.78, 5) is 14.4. The molecular formula is C21H28N4O2. The maximum Gasteiger partial charge on any atom is 0.328 e. The number of fused-ring (bicyclic) bond motifs is 1. The highest BCUT2D eigenvalue weighted by molar-refractivity contribution is 5.81. The normalized spacial score (nSPS) is 11.1. The number of anilines is 3. The number of hydrogen-bond acceptors (Lipinski definition) is 4. The van der Waals surface area contributed by atoms with E-state index in [1.54, 1.807) is 30.3 Å². The Labute approximate surface area is 160 Å². The van der Waals surface area contributed by atoms with Crippen LogP contribution < -0.4 is 15.9 Å². The first-order chi connectivity index (χ1) is 13.0. The van der Waals surface area contributed by atoms with Crippen molar-refractivity contribution in [2.75, 3.05) is 37.0 Å². The maximum atomic E-state index is 12.1. The Balaban J connectivity index is 1.75. The molecule has 0 spiro atoms. The van der Waals surface area contributed by atoms with Crippen LogP contribution in [0.3, 0.4) is 0 Å². The Morgan fingerprint density at radius 3 is 2.33 bits per heavy atom. The summed E-state index contributed by atoms with van der Waals surface area (Å²) < 4.78 is 8.48. The van der Waals surface area contributed by atoms with Gasteiger partial charge < -0.3 is 15.0 Å². The Morgan fingerprint density at radius 1 is 1.00 bits per heavy atom. The fourth-order valence-electron chi connectivity index (χ4n) is 3.38. The molecule has 1 aromatic heterocycles. The zero-order chi connectivity index (χ0) is 19.4. The molecule has 0 aliphatic carbocycles. The number of aromatic nitrogens is 2. The molecular weight excluding hydrogens is 340 g/mol. The first-order valence-corrected chi connectivity index (χ1v) is 9.31. The zero-order valence-electron chi connectivity index (χ0n) is 16.5. The van der Waals surface area contributed by atoms with Gasteiger partial charge in [0, 0.05) is 58.0 Å². The lowest BCUT2D eigenvalue weighted by Crippen LogP contribution is -2.24. The van der Waals surface area contributed by atoms with Crippen LogP contribution in [0.5, 0.6) is 0 Å². The van der Waals surface area contributed by atoms with Crippen molar-refractivity contribution in [1.82, 2.24) is 9.13 Å². The van der Waals surface area contributed by atoms with E-state index in [-0.39, 0.29) is 5.69 Å². The molecule has 3 aromatic rings. The fraction of sp³-hybridized carbons (Fsp3) is 0.381. The van der Waals surface area contributed by atoms with Crippen LogP contribution in [0.2, 0.25) is 0 Å². The van der Waals surface area contributed by atoms with Crippen molar-refractivity contribution in [2.24, 2.45) is 14.1 Å². The molecule has 0 bridgehead atoms. The molecule has 1 N–H and O–H groups in total. The van der Waals surface area contributed by atoms with Gasteiger partial charge in [-0.1, -0.05) is 0 Å². The highest BCUT2D eigenvalue weighted by Crippen LogP contribution is 2.24. The molecule has 144 valence electrons. The molecule has 6 heteroatoms. The van der Waals surface area contributed by atoms with Crippen molar-refractivity contribution in [3.8, 4) is 0 Å². The van der Waals surface area contributed by atoms with Gasteiger partial charge in [0.25, 0.3) is 0 Å². The molecule has 6 nitrogen and oxygen atoms in total. The number of rotatable bonds is 8. The molecule has 0 atom stereocenters. The minimum Gasteiger partial charge on any atom is -0.385 e. The van der Waals surface area contributed by atoms with Crippen LogP contribution in [0.25, 0.3) is 11.0 Å². The summed E-state index contributed by atoms with van der Waals surface area (Å²) in [5.41, 5.74) is 5.02. The molecule has 1 heterocycles. The zero-order valence-corrected chi connectivity index (χ0v) is 16.5. The largest absolute Gasteiger partial charge is 0.385 e. The van der Waals surface area contributed by atoms with Crippen molar-refractivity contribution in [3.05, 3.63) is 52.9 Å². The maximum absolute atomic E-state index is 12.1. The van der Waals surface area contributed by atoms with Gasteiger partial charge in [0.15, 0.2) is 0 Å². The predicted octanol–water partition coefficient (Wildman–Crippen LogP) is 3.48. The summed E-state index contributed by atoms with van der Waals surface area (Å²) in [6.45, 7) is 4.89. The van der Waals surface area contributed by atoms with Crippen LogP contribution in [0, 0.1) is 0 Å². The summed E-state index contributed by atoms with van der Waals surface area (Å²) in [7, 11) is 5.33. The average molecular weight is 368 g/mol. The Hall–Kier alpha value is -2.73. The summed E-state index contributed by atoms with van der Waals surface area (Å²) in [5.74, 6) is 0. The number of nitrogens with zero attached hydrogens (tertiary/aromatic N) is 3. The van der Waals surface area contributed by atoms with Gasteiger partial charge >= 0.3 is 5.69 Å². The standard InChI is InChI=1S/C21H28N4O2/c1-5-25(13-6-14-27-4)18-10-7-16(8-11-18)22-17-9-12-19-20(15-17)24(3)21(26)23(19)2/h7-12,15,22H,5-6,13-14H2,1-4H3. The van der Waals surface area contributed by atoms with Gasteiger partial charge in [-0.25, -0.2) is 4.79 Å². The van der Waals surface area contributed by atoms with Crippen LogP contribution in [-0.2, 0) is 18.8 Å². The minimum atomic E-state index is -0.0142. The molecule has 0 unspecified atom stereocenters. The summed E-state index contributed by atoms with van der Waals surface area (Å²) in [6.07, 6.45) is 1.01. The van der Waals surface area contributed by atoms with Crippen LogP contribution in [0.4, 0.5) is 17.1 Å². The highest BCUT2D eigenvalue weighted by atomic mass is 16.5. The van der Waals surface area contributed by atoms with E-state index in [9.17, 15) is 4.79 Å². The van der Waals surface area contributed by atoms with Crippen LogP contribution in [0.1, 0.15) is 13.3 Å². The third-order valence-electron chi connectivity index (χ3n) is 4.95. The number of benzene rings is 2. The Kier molecular flexibility index (Phi) is 5.86. The molecule has 0 saturated carbocycles. The van der Waals surface area contributed by atoms with Crippen LogP contribution in [0.15, 0.2) is 47.3 Å². The van der Waals surface area contributed by atoms with E-state index in [2.05, 4.69) is 41.4 Å². The summed E-state index contributed by atoms with van der Waals surface area (Å²) in [5, 5.41) is 3.43. The minimum absolute atomic E-state index is 0.0142. The van der Waals surface area contributed by atoms with Gasteiger partial charge in [-0.3, -0.25) is 9.13 Å². The number of imidazole rings is 1. The second-order valence-corrected chi connectivity index (χ2v) is 6.70. The quantitative estimate of drug-likeness (QED) is 0.619. The Bertz CT molecular complexity index is 957.